The average Bonchev–Trinajstić information content (AvgIpc) is 2.89. The van der Waals surface area contributed by atoms with E-state index in [1.807, 2.05) is 24.3 Å². The van der Waals surface area contributed by atoms with Crippen molar-refractivity contribution in [3.63, 3.8) is 0 Å². The summed E-state index contributed by atoms with van der Waals surface area (Å²) in [6.45, 7) is 0.377. The number of nitrogens with one attached hydrogen (secondary N) is 1. The van der Waals surface area contributed by atoms with Gasteiger partial charge in [-0.3, -0.25) is 4.79 Å². The number of hydrogen-bond donors (Lipinski definition) is 1. The van der Waals surface area contributed by atoms with E-state index in [2.05, 4.69) is 10.3 Å². The van der Waals surface area contributed by atoms with Gasteiger partial charge in [-0.1, -0.05) is 18.2 Å². The van der Waals surface area contributed by atoms with Gasteiger partial charge in [-0.25, -0.2) is 9.37 Å². The van der Waals surface area contributed by atoms with E-state index in [4.69, 9.17) is 4.42 Å². The van der Waals surface area contributed by atoms with E-state index in [0.717, 1.165) is 11.1 Å². The highest BCUT2D eigenvalue weighted by Crippen LogP contribution is 2.14. The summed E-state index contributed by atoms with van der Waals surface area (Å²) in [5.74, 6) is -0.178. The molecule has 0 aliphatic carbocycles. The molecule has 0 atom stereocenters. The number of oxazole rings is 1. The Morgan fingerprint density at radius 1 is 1.19 bits per heavy atom. The lowest BCUT2D eigenvalue weighted by atomic mass is 10.2. The summed E-state index contributed by atoms with van der Waals surface area (Å²) < 4.78 is 18.6. The lowest BCUT2D eigenvalue weighted by Gasteiger charge is -2.03. The third kappa shape index (κ3) is 3.08. The molecular weight excluding hydrogens is 271 g/mol. The molecule has 3 aromatic rings. The molecule has 1 aromatic heterocycles. The first-order chi connectivity index (χ1) is 10.2. The number of amides is 1. The number of para-hydroxylation sites is 2. The van der Waals surface area contributed by atoms with Crippen LogP contribution in [0.4, 0.5) is 4.39 Å². The zero-order valence-electron chi connectivity index (χ0n) is 11.2. The van der Waals surface area contributed by atoms with Crippen molar-refractivity contribution < 1.29 is 13.6 Å². The summed E-state index contributed by atoms with van der Waals surface area (Å²) in [6, 6.07) is 13.1. The van der Waals surface area contributed by atoms with Crippen LogP contribution >= 0.6 is 0 Å². The zero-order valence-corrected chi connectivity index (χ0v) is 11.2. The van der Waals surface area contributed by atoms with Gasteiger partial charge < -0.3 is 9.73 Å². The first-order valence-corrected chi connectivity index (χ1v) is 6.60. The first kappa shape index (κ1) is 13.3. The molecule has 0 fully saturated rings. The molecule has 5 heteroatoms. The smallest absolute Gasteiger partial charge is 0.251 e. The summed E-state index contributed by atoms with van der Waals surface area (Å²) in [7, 11) is 0. The molecule has 0 radical (unpaired) electrons. The molecule has 0 unspecified atom stereocenters. The number of fused-ring (bicyclic) bond motifs is 1. The molecule has 2 aromatic carbocycles. The maximum atomic E-state index is 13.0. The predicted octanol–water partition coefficient (Wildman–Crippen LogP) is 2.94. The summed E-state index contributed by atoms with van der Waals surface area (Å²) in [5.41, 5.74) is 1.82. The quantitative estimate of drug-likeness (QED) is 0.801. The van der Waals surface area contributed by atoms with Crippen LogP contribution in [0, 0.1) is 5.82 Å². The van der Waals surface area contributed by atoms with Gasteiger partial charge in [0.15, 0.2) is 11.5 Å². The Kier molecular flexibility index (Phi) is 3.64. The number of benzene rings is 2. The summed E-state index contributed by atoms with van der Waals surface area (Å²) in [6.07, 6.45) is 0.482. The van der Waals surface area contributed by atoms with Crippen LogP contribution < -0.4 is 5.32 Å². The van der Waals surface area contributed by atoms with Crippen molar-refractivity contribution in [3.05, 3.63) is 65.8 Å². The van der Waals surface area contributed by atoms with E-state index in [-0.39, 0.29) is 5.91 Å². The van der Waals surface area contributed by atoms with E-state index in [1.54, 1.807) is 6.07 Å². The molecule has 1 amide bonds. The Morgan fingerprint density at radius 2 is 2.05 bits per heavy atom. The fraction of sp³-hybridized carbons (Fsp3) is 0.125. The Morgan fingerprint density at radius 3 is 2.86 bits per heavy atom. The maximum absolute atomic E-state index is 13.0. The molecule has 0 aliphatic heterocycles. The highest BCUT2D eigenvalue weighted by molar-refractivity contribution is 5.94. The molecule has 0 saturated heterocycles. The average molecular weight is 284 g/mol. The molecular formula is C16H13FN2O2. The van der Waals surface area contributed by atoms with E-state index >= 15 is 0 Å². The van der Waals surface area contributed by atoms with E-state index in [9.17, 15) is 9.18 Å². The minimum Gasteiger partial charge on any atom is -0.441 e. The molecule has 4 nitrogen and oxygen atoms in total. The molecule has 0 bridgehead atoms. The predicted molar refractivity (Wildman–Crippen MR) is 76.4 cm³/mol. The Hall–Kier alpha value is -2.69. The number of rotatable bonds is 4. The normalized spacial score (nSPS) is 10.7. The number of nitrogens with zero attached hydrogens (tertiary/aromatic N) is 1. The Labute approximate surface area is 120 Å². The second kappa shape index (κ2) is 5.75. The number of carbonyl (C=O) groups is 1. The third-order valence-electron chi connectivity index (χ3n) is 3.05. The SMILES string of the molecule is O=C(NCCc1nc2ccccc2o1)c1cccc(F)c1. The largest absolute Gasteiger partial charge is 0.441 e. The van der Waals surface area contributed by atoms with Gasteiger partial charge in [0.2, 0.25) is 0 Å². The third-order valence-corrected chi connectivity index (χ3v) is 3.05. The van der Waals surface area contributed by atoms with Crippen molar-refractivity contribution in [2.75, 3.05) is 6.54 Å². The van der Waals surface area contributed by atoms with Crippen molar-refractivity contribution in [1.82, 2.24) is 10.3 Å². The first-order valence-electron chi connectivity index (χ1n) is 6.60. The standard InChI is InChI=1S/C16H13FN2O2/c17-12-5-3-4-11(10-12)16(20)18-9-8-15-19-13-6-1-2-7-14(13)21-15/h1-7,10H,8-9H2,(H,18,20). The summed E-state index contributed by atoms with van der Waals surface area (Å²) >= 11 is 0. The minimum absolute atomic E-state index is 0.299. The molecule has 1 heterocycles. The Balaban J connectivity index is 1.59. The number of halogens is 1. The second-order valence-electron chi connectivity index (χ2n) is 4.59. The maximum Gasteiger partial charge on any atom is 0.251 e. The van der Waals surface area contributed by atoms with Crippen LogP contribution in [0.15, 0.2) is 52.9 Å². The lowest BCUT2D eigenvalue weighted by molar-refractivity contribution is 0.0953. The number of hydrogen-bond acceptors (Lipinski definition) is 3. The van der Waals surface area contributed by atoms with Gasteiger partial charge in [0.1, 0.15) is 11.3 Å². The topological polar surface area (TPSA) is 55.1 Å². The van der Waals surface area contributed by atoms with Crippen LogP contribution in [0.3, 0.4) is 0 Å². The van der Waals surface area contributed by atoms with Crippen molar-refractivity contribution in [2.45, 2.75) is 6.42 Å². The van der Waals surface area contributed by atoms with Gasteiger partial charge in [0, 0.05) is 18.5 Å². The fourth-order valence-corrected chi connectivity index (χ4v) is 2.04. The minimum atomic E-state index is -0.429. The summed E-state index contributed by atoms with van der Waals surface area (Å²) in [4.78, 5) is 16.1. The van der Waals surface area contributed by atoms with Gasteiger partial charge in [-0.2, -0.15) is 0 Å². The van der Waals surface area contributed by atoms with E-state index in [1.165, 1.54) is 18.2 Å². The van der Waals surface area contributed by atoms with Gasteiger partial charge >= 0.3 is 0 Å². The van der Waals surface area contributed by atoms with Crippen molar-refractivity contribution in [1.29, 1.82) is 0 Å². The van der Waals surface area contributed by atoms with Crippen molar-refractivity contribution in [2.24, 2.45) is 0 Å². The van der Waals surface area contributed by atoms with Gasteiger partial charge in [-0.05, 0) is 30.3 Å². The van der Waals surface area contributed by atoms with Crippen molar-refractivity contribution >= 4 is 17.0 Å². The monoisotopic (exact) mass is 284 g/mol. The molecule has 0 aliphatic rings. The van der Waals surface area contributed by atoms with Crippen LogP contribution in [0.5, 0.6) is 0 Å². The molecule has 0 saturated carbocycles. The van der Waals surface area contributed by atoms with Gasteiger partial charge in [0.25, 0.3) is 5.91 Å². The highest BCUT2D eigenvalue weighted by atomic mass is 19.1. The molecule has 21 heavy (non-hydrogen) atoms. The van der Waals surface area contributed by atoms with Crippen LogP contribution in [0.2, 0.25) is 0 Å². The van der Waals surface area contributed by atoms with Crippen LogP contribution in [0.25, 0.3) is 11.1 Å². The van der Waals surface area contributed by atoms with Crippen LogP contribution in [-0.2, 0) is 6.42 Å². The lowest BCUT2D eigenvalue weighted by Crippen LogP contribution is -2.25. The van der Waals surface area contributed by atoms with Gasteiger partial charge in [-0.15, -0.1) is 0 Å². The fourth-order valence-electron chi connectivity index (χ4n) is 2.04. The molecule has 106 valence electrons. The zero-order chi connectivity index (χ0) is 14.7. The van der Waals surface area contributed by atoms with E-state index in [0.29, 0.717) is 24.4 Å². The van der Waals surface area contributed by atoms with Crippen LogP contribution in [0.1, 0.15) is 16.2 Å². The molecule has 3 rings (SSSR count). The van der Waals surface area contributed by atoms with Crippen LogP contribution in [-0.4, -0.2) is 17.4 Å². The number of aromatic nitrogens is 1. The Bertz CT molecular complexity index is 750. The molecule has 0 spiro atoms. The number of carbonyl (C=O) groups excluding carboxylic acids is 1. The molecule has 1 N–H and O–H groups in total. The highest BCUT2D eigenvalue weighted by Gasteiger charge is 2.08. The second-order valence-corrected chi connectivity index (χ2v) is 4.59. The van der Waals surface area contributed by atoms with Crippen molar-refractivity contribution in [3.8, 4) is 0 Å². The summed E-state index contributed by atoms with van der Waals surface area (Å²) in [5, 5.41) is 2.71. The van der Waals surface area contributed by atoms with E-state index < -0.39 is 5.82 Å². The van der Waals surface area contributed by atoms with Gasteiger partial charge in [0.05, 0.1) is 0 Å².